The molecule has 1 amide bonds. The van der Waals surface area contributed by atoms with Crippen LogP contribution in [0.25, 0.3) is 0 Å². The van der Waals surface area contributed by atoms with Gasteiger partial charge in [0, 0.05) is 12.8 Å². The fraction of sp³-hybridized carbons (Fsp3) is 0.875. The van der Waals surface area contributed by atoms with Crippen molar-refractivity contribution in [2.75, 3.05) is 13.2 Å². The van der Waals surface area contributed by atoms with Crippen LogP contribution >= 0.6 is 0 Å². The van der Waals surface area contributed by atoms with Crippen molar-refractivity contribution >= 4 is 11.9 Å². The van der Waals surface area contributed by atoms with Crippen LogP contribution in [0.5, 0.6) is 0 Å². The monoisotopic (exact) mass is 762 g/mol. The molecule has 54 heavy (non-hydrogen) atoms. The molecular weight excluding hydrogens is 671 g/mol. The van der Waals surface area contributed by atoms with Gasteiger partial charge in [-0.15, -0.1) is 0 Å². The number of aliphatic hydroxyl groups excluding tert-OH is 2. The highest BCUT2D eigenvalue weighted by Gasteiger charge is 2.20. The number of unbranched alkanes of at least 4 members (excludes halogenated alkanes) is 28. The number of ether oxygens (including phenoxy) is 1. The molecule has 2 unspecified atom stereocenters. The SMILES string of the molecule is CCCCCC/C=C\C/C=C\CCCCCCCC(=O)OCCCCCCCCCCCC(=O)NC(CO)C(O)CCCCCCCCCCCCCC. The van der Waals surface area contributed by atoms with E-state index in [4.69, 9.17) is 4.74 Å². The van der Waals surface area contributed by atoms with E-state index >= 15 is 0 Å². The van der Waals surface area contributed by atoms with E-state index in [0.29, 0.717) is 25.9 Å². The molecule has 0 aliphatic carbocycles. The second-order valence-corrected chi connectivity index (χ2v) is 16.1. The van der Waals surface area contributed by atoms with E-state index < -0.39 is 12.1 Å². The minimum atomic E-state index is -0.681. The first-order valence-electron chi connectivity index (χ1n) is 23.6. The summed E-state index contributed by atoms with van der Waals surface area (Å²) in [6.45, 7) is 4.85. The van der Waals surface area contributed by atoms with Gasteiger partial charge in [0.25, 0.3) is 0 Å². The molecule has 0 fully saturated rings. The van der Waals surface area contributed by atoms with Crippen LogP contribution in [0.1, 0.15) is 245 Å². The highest BCUT2D eigenvalue weighted by molar-refractivity contribution is 5.76. The van der Waals surface area contributed by atoms with E-state index in [0.717, 1.165) is 70.6 Å². The van der Waals surface area contributed by atoms with Crippen molar-refractivity contribution in [3.63, 3.8) is 0 Å². The number of aliphatic hydroxyl groups is 2. The Morgan fingerprint density at radius 3 is 1.43 bits per heavy atom. The van der Waals surface area contributed by atoms with E-state index in [1.807, 2.05) is 0 Å². The number of hydrogen-bond acceptors (Lipinski definition) is 5. The molecule has 0 aromatic rings. The smallest absolute Gasteiger partial charge is 0.305 e. The van der Waals surface area contributed by atoms with Gasteiger partial charge < -0.3 is 20.3 Å². The molecule has 6 heteroatoms. The van der Waals surface area contributed by atoms with Crippen molar-refractivity contribution in [2.24, 2.45) is 0 Å². The minimum Gasteiger partial charge on any atom is -0.466 e. The summed E-state index contributed by atoms with van der Waals surface area (Å²) in [6.07, 6.45) is 49.9. The molecule has 0 heterocycles. The van der Waals surface area contributed by atoms with Gasteiger partial charge in [0.05, 0.1) is 25.4 Å². The van der Waals surface area contributed by atoms with Crippen molar-refractivity contribution in [3.8, 4) is 0 Å². The fourth-order valence-corrected chi connectivity index (χ4v) is 7.08. The molecule has 0 bridgehead atoms. The normalized spacial score (nSPS) is 12.9. The number of carbonyl (C=O) groups is 2. The number of rotatable bonds is 43. The van der Waals surface area contributed by atoms with E-state index in [9.17, 15) is 19.8 Å². The number of carbonyl (C=O) groups excluding carboxylic acids is 2. The van der Waals surface area contributed by atoms with Gasteiger partial charge in [-0.2, -0.15) is 0 Å². The van der Waals surface area contributed by atoms with E-state index in [-0.39, 0.29) is 18.5 Å². The van der Waals surface area contributed by atoms with Crippen molar-refractivity contribution < 1.29 is 24.5 Å². The first-order chi connectivity index (χ1) is 26.5. The molecular formula is C48H91NO5. The van der Waals surface area contributed by atoms with Crippen LogP contribution in [-0.4, -0.2) is 47.4 Å². The fourth-order valence-electron chi connectivity index (χ4n) is 7.08. The van der Waals surface area contributed by atoms with Gasteiger partial charge in [0.1, 0.15) is 0 Å². The highest BCUT2D eigenvalue weighted by atomic mass is 16.5. The lowest BCUT2D eigenvalue weighted by molar-refractivity contribution is -0.143. The molecule has 0 spiro atoms. The Morgan fingerprint density at radius 1 is 0.519 bits per heavy atom. The molecule has 6 nitrogen and oxygen atoms in total. The van der Waals surface area contributed by atoms with Gasteiger partial charge in [-0.1, -0.05) is 199 Å². The Balaban J connectivity index is 3.50. The van der Waals surface area contributed by atoms with Gasteiger partial charge in [0.2, 0.25) is 5.91 Å². The molecule has 0 saturated carbocycles. The van der Waals surface area contributed by atoms with E-state index in [2.05, 4.69) is 43.5 Å². The minimum absolute atomic E-state index is 0.0390. The van der Waals surface area contributed by atoms with Crippen LogP contribution < -0.4 is 5.32 Å². The van der Waals surface area contributed by atoms with E-state index in [1.54, 1.807) is 0 Å². The highest BCUT2D eigenvalue weighted by Crippen LogP contribution is 2.15. The third kappa shape index (κ3) is 40.0. The second kappa shape index (κ2) is 44.1. The van der Waals surface area contributed by atoms with Crippen molar-refractivity contribution in [1.29, 1.82) is 0 Å². The molecule has 0 aliphatic rings. The zero-order chi connectivity index (χ0) is 39.4. The Bertz CT molecular complexity index is 843. The third-order valence-electron chi connectivity index (χ3n) is 10.8. The van der Waals surface area contributed by atoms with Gasteiger partial charge in [0.15, 0.2) is 0 Å². The Labute approximate surface area is 335 Å². The largest absolute Gasteiger partial charge is 0.466 e. The average molecular weight is 762 g/mol. The predicted octanol–water partition coefficient (Wildman–Crippen LogP) is 13.6. The molecule has 318 valence electrons. The van der Waals surface area contributed by atoms with Gasteiger partial charge in [-0.3, -0.25) is 9.59 Å². The van der Waals surface area contributed by atoms with Crippen LogP contribution in [0.15, 0.2) is 24.3 Å². The molecule has 0 aromatic heterocycles. The Morgan fingerprint density at radius 2 is 0.926 bits per heavy atom. The summed E-state index contributed by atoms with van der Waals surface area (Å²) >= 11 is 0. The summed E-state index contributed by atoms with van der Waals surface area (Å²) in [4.78, 5) is 24.4. The summed E-state index contributed by atoms with van der Waals surface area (Å²) in [6, 6.07) is -0.561. The Kier molecular flexibility index (Phi) is 42.7. The van der Waals surface area contributed by atoms with Crippen LogP contribution in [0.2, 0.25) is 0 Å². The molecule has 0 rings (SSSR count). The standard InChI is InChI=1S/C48H91NO5/c1-3-5-7-9-11-13-15-17-18-19-20-22-26-30-34-38-42-48(53)54-43-39-35-31-27-23-25-29-33-37-41-47(52)49-45(44-50)46(51)40-36-32-28-24-21-16-14-12-10-8-6-4-2/h13,15,18-19,45-46,50-51H,3-12,14,16-17,20-44H2,1-2H3,(H,49,52)/b15-13-,19-18-. The maximum absolute atomic E-state index is 12.4. The Hall–Kier alpha value is -1.66. The zero-order valence-electron chi connectivity index (χ0n) is 36.0. The van der Waals surface area contributed by atoms with Gasteiger partial charge in [-0.25, -0.2) is 0 Å². The summed E-state index contributed by atoms with van der Waals surface area (Å²) in [7, 11) is 0. The van der Waals surface area contributed by atoms with Crippen molar-refractivity contribution in [3.05, 3.63) is 24.3 Å². The first-order valence-corrected chi connectivity index (χ1v) is 23.6. The van der Waals surface area contributed by atoms with Gasteiger partial charge >= 0.3 is 5.97 Å². The van der Waals surface area contributed by atoms with Crippen molar-refractivity contribution in [2.45, 2.75) is 257 Å². The maximum Gasteiger partial charge on any atom is 0.305 e. The lowest BCUT2D eigenvalue weighted by atomic mass is 10.0. The second-order valence-electron chi connectivity index (χ2n) is 16.1. The molecule has 2 atom stereocenters. The zero-order valence-corrected chi connectivity index (χ0v) is 36.0. The lowest BCUT2D eigenvalue weighted by Crippen LogP contribution is -2.45. The number of esters is 1. The van der Waals surface area contributed by atoms with E-state index in [1.165, 1.54) is 141 Å². The number of hydrogen-bond donors (Lipinski definition) is 3. The number of nitrogens with one attached hydrogen (secondary N) is 1. The summed E-state index contributed by atoms with van der Waals surface area (Å²) in [5.41, 5.74) is 0. The summed E-state index contributed by atoms with van der Waals surface area (Å²) in [5, 5.41) is 23.1. The summed E-state index contributed by atoms with van der Waals surface area (Å²) < 4.78 is 5.44. The van der Waals surface area contributed by atoms with Crippen LogP contribution in [0.4, 0.5) is 0 Å². The van der Waals surface area contributed by atoms with Crippen LogP contribution in [0, 0.1) is 0 Å². The quantitative estimate of drug-likeness (QED) is 0.0327. The van der Waals surface area contributed by atoms with Gasteiger partial charge in [-0.05, 0) is 57.8 Å². The molecule has 0 radical (unpaired) electrons. The molecule has 3 N–H and O–H groups in total. The van der Waals surface area contributed by atoms with Crippen molar-refractivity contribution in [1.82, 2.24) is 5.32 Å². The molecule has 0 saturated heterocycles. The first kappa shape index (κ1) is 52.3. The summed E-state index contributed by atoms with van der Waals surface area (Å²) in [5.74, 6) is -0.104. The lowest BCUT2D eigenvalue weighted by Gasteiger charge is -2.22. The maximum atomic E-state index is 12.4. The van der Waals surface area contributed by atoms with Crippen LogP contribution in [0.3, 0.4) is 0 Å². The topological polar surface area (TPSA) is 95.9 Å². The predicted molar refractivity (Wildman–Crippen MR) is 232 cm³/mol. The van der Waals surface area contributed by atoms with Crippen LogP contribution in [-0.2, 0) is 14.3 Å². The molecule has 0 aromatic carbocycles. The number of amides is 1. The molecule has 0 aliphatic heterocycles. The number of allylic oxidation sites excluding steroid dienone is 4. The third-order valence-corrected chi connectivity index (χ3v) is 10.8. The average Bonchev–Trinajstić information content (AvgIpc) is 3.17.